The molecule has 0 aliphatic heterocycles. The number of anilines is 1. The minimum Gasteiger partial charge on any atom is -0.327 e. The topological polar surface area (TPSA) is 55.1 Å². The van der Waals surface area contributed by atoms with Gasteiger partial charge in [-0.25, -0.2) is 4.39 Å². The third kappa shape index (κ3) is 3.53. The fourth-order valence-corrected chi connectivity index (χ4v) is 2.57. The van der Waals surface area contributed by atoms with Crippen LogP contribution in [0.1, 0.15) is 37.7 Å². The van der Waals surface area contributed by atoms with Crippen LogP contribution in [0.5, 0.6) is 0 Å². The fraction of sp³-hybridized carbons (Fsp3) is 0.533. The number of halogens is 1. The Morgan fingerprint density at radius 3 is 2.79 bits per heavy atom. The third-order valence-corrected chi connectivity index (χ3v) is 3.85. The van der Waals surface area contributed by atoms with Crippen molar-refractivity contribution in [2.24, 2.45) is 11.7 Å². The van der Waals surface area contributed by atoms with Gasteiger partial charge in [0.05, 0.1) is 5.92 Å². The van der Waals surface area contributed by atoms with Crippen LogP contribution in [0.25, 0.3) is 0 Å². The molecule has 1 fully saturated rings. The highest BCUT2D eigenvalue weighted by Gasteiger charge is 2.27. The molecule has 2 rings (SSSR count). The number of rotatable bonds is 2. The first-order chi connectivity index (χ1) is 9.08. The van der Waals surface area contributed by atoms with Gasteiger partial charge in [0.2, 0.25) is 5.91 Å². The summed E-state index contributed by atoms with van der Waals surface area (Å²) in [4.78, 5) is 12.2. The summed E-state index contributed by atoms with van der Waals surface area (Å²) >= 11 is 0. The van der Waals surface area contributed by atoms with Crippen LogP contribution in [0.3, 0.4) is 0 Å². The Balaban J connectivity index is 2.04. The molecular weight excluding hydrogens is 243 g/mol. The van der Waals surface area contributed by atoms with Crippen LogP contribution >= 0.6 is 0 Å². The van der Waals surface area contributed by atoms with Crippen molar-refractivity contribution in [2.75, 3.05) is 5.32 Å². The Kier molecular flexibility index (Phi) is 4.53. The third-order valence-electron chi connectivity index (χ3n) is 3.85. The normalized spacial score (nSPS) is 23.7. The van der Waals surface area contributed by atoms with Crippen molar-refractivity contribution in [3.63, 3.8) is 0 Å². The molecule has 104 valence electrons. The van der Waals surface area contributed by atoms with Gasteiger partial charge in [-0.2, -0.15) is 0 Å². The van der Waals surface area contributed by atoms with Gasteiger partial charge in [-0.15, -0.1) is 0 Å². The van der Waals surface area contributed by atoms with E-state index < -0.39 is 0 Å². The number of hydrogen-bond donors (Lipinski definition) is 2. The Labute approximate surface area is 113 Å². The highest BCUT2D eigenvalue weighted by Crippen LogP contribution is 2.24. The Bertz CT molecular complexity index is 461. The molecule has 0 heterocycles. The zero-order valence-corrected chi connectivity index (χ0v) is 11.3. The van der Waals surface area contributed by atoms with Gasteiger partial charge in [-0.3, -0.25) is 4.79 Å². The van der Waals surface area contributed by atoms with Crippen molar-refractivity contribution in [1.29, 1.82) is 0 Å². The molecule has 0 bridgehead atoms. The minimum atomic E-state index is -0.303. The van der Waals surface area contributed by atoms with Crippen molar-refractivity contribution in [3.05, 3.63) is 29.6 Å². The largest absolute Gasteiger partial charge is 0.327 e. The number of amides is 1. The first-order valence-electron chi connectivity index (χ1n) is 6.90. The molecule has 1 saturated carbocycles. The van der Waals surface area contributed by atoms with Crippen molar-refractivity contribution in [3.8, 4) is 0 Å². The first-order valence-corrected chi connectivity index (χ1v) is 6.90. The molecular formula is C15H21FN2O. The van der Waals surface area contributed by atoms with E-state index in [4.69, 9.17) is 5.73 Å². The lowest BCUT2D eigenvalue weighted by atomic mass is 9.94. The number of carbonyl (C=O) groups is 1. The molecule has 0 radical (unpaired) electrons. The van der Waals surface area contributed by atoms with Crippen LogP contribution in [0, 0.1) is 18.7 Å². The predicted octanol–water partition coefficient (Wildman–Crippen LogP) is 2.98. The molecule has 0 saturated heterocycles. The van der Waals surface area contributed by atoms with Gasteiger partial charge in [0, 0.05) is 11.7 Å². The first kappa shape index (κ1) is 14.0. The average molecular weight is 264 g/mol. The maximum atomic E-state index is 13.4. The van der Waals surface area contributed by atoms with Crippen LogP contribution in [0.15, 0.2) is 18.2 Å². The number of aryl methyl sites for hydroxylation is 1. The molecule has 0 spiro atoms. The molecule has 1 aliphatic rings. The SMILES string of the molecule is Cc1ccc(NC(=O)C2CCCCCC2N)cc1F. The van der Waals surface area contributed by atoms with Gasteiger partial charge in [0.15, 0.2) is 0 Å². The molecule has 2 unspecified atom stereocenters. The summed E-state index contributed by atoms with van der Waals surface area (Å²) in [5.74, 6) is -0.549. The summed E-state index contributed by atoms with van der Waals surface area (Å²) in [5, 5.41) is 2.78. The van der Waals surface area contributed by atoms with E-state index in [1.165, 1.54) is 6.07 Å². The lowest BCUT2D eigenvalue weighted by Crippen LogP contribution is -2.37. The van der Waals surface area contributed by atoms with E-state index >= 15 is 0 Å². The van der Waals surface area contributed by atoms with Crippen LogP contribution in [-0.2, 0) is 4.79 Å². The van der Waals surface area contributed by atoms with E-state index in [9.17, 15) is 9.18 Å². The standard InChI is InChI=1S/C15H21FN2O/c1-10-7-8-11(9-13(10)16)18-15(19)12-5-3-2-4-6-14(12)17/h7-9,12,14H,2-6,17H2,1H3,(H,18,19). The maximum absolute atomic E-state index is 13.4. The highest BCUT2D eigenvalue weighted by molar-refractivity contribution is 5.93. The zero-order valence-electron chi connectivity index (χ0n) is 11.3. The van der Waals surface area contributed by atoms with Crippen molar-refractivity contribution < 1.29 is 9.18 Å². The molecule has 3 nitrogen and oxygen atoms in total. The van der Waals surface area contributed by atoms with Crippen LogP contribution in [0.2, 0.25) is 0 Å². The Morgan fingerprint density at radius 1 is 1.32 bits per heavy atom. The summed E-state index contributed by atoms with van der Waals surface area (Å²) in [6.07, 6.45) is 4.97. The van der Waals surface area contributed by atoms with E-state index in [2.05, 4.69) is 5.32 Å². The Hall–Kier alpha value is -1.42. The molecule has 4 heteroatoms. The quantitative estimate of drug-likeness (QED) is 0.807. The van der Waals surface area contributed by atoms with E-state index in [-0.39, 0.29) is 23.7 Å². The molecule has 19 heavy (non-hydrogen) atoms. The summed E-state index contributed by atoms with van der Waals surface area (Å²) in [5.41, 5.74) is 7.13. The van der Waals surface area contributed by atoms with E-state index in [0.717, 1.165) is 32.1 Å². The van der Waals surface area contributed by atoms with Gasteiger partial charge in [-0.1, -0.05) is 25.3 Å². The van der Waals surface area contributed by atoms with E-state index in [0.29, 0.717) is 11.3 Å². The minimum absolute atomic E-state index is 0.0854. The van der Waals surface area contributed by atoms with E-state index in [1.54, 1.807) is 19.1 Å². The molecule has 1 aromatic carbocycles. The lowest BCUT2D eigenvalue weighted by molar-refractivity contribution is -0.120. The number of carbonyl (C=O) groups excluding carboxylic acids is 1. The second-order valence-corrected chi connectivity index (χ2v) is 5.36. The predicted molar refractivity (Wildman–Crippen MR) is 74.3 cm³/mol. The number of nitrogens with two attached hydrogens (primary N) is 1. The zero-order chi connectivity index (χ0) is 13.8. The summed E-state index contributed by atoms with van der Waals surface area (Å²) in [6.45, 7) is 1.70. The van der Waals surface area contributed by atoms with E-state index in [1.807, 2.05) is 0 Å². The lowest BCUT2D eigenvalue weighted by Gasteiger charge is -2.20. The van der Waals surface area contributed by atoms with Gasteiger partial charge in [0.25, 0.3) is 0 Å². The monoisotopic (exact) mass is 264 g/mol. The van der Waals surface area contributed by atoms with Crippen LogP contribution < -0.4 is 11.1 Å². The molecule has 1 amide bonds. The van der Waals surface area contributed by atoms with Gasteiger partial charge >= 0.3 is 0 Å². The Morgan fingerprint density at radius 2 is 2.05 bits per heavy atom. The van der Waals surface area contributed by atoms with Crippen molar-refractivity contribution >= 4 is 11.6 Å². The van der Waals surface area contributed by atoms with Gasteiger partial charge in [-0.05, 0) is 37.5 Å². The smallest absolute Gasteiger partial charge is 0.229 e. The maximum Gasteiger partial charge on any atom is 0.229 e. The summed E-state index contributed by atoms with van der Waals surface area (Å²) in [6, 6.07) is 4.66. The summed E-state index contributed by atoms with van der Waals surface area (Å²) < 4.78 is 13.4. The number of benzene rings is 1. The molecule has 3 N–H and O–H groups in total. The number of nitrogens with one attached hydrogen (secondary N) is 1. The average Bonchev–Trinajstić information content (AvgIpc) is 2.58. The van der Waals surface area contributed by atoms with Crippen molar-refractivity contribution in [1.82, 2.24) is 0 Å². The number of hydrogen-bond acceptors (Lipinski definition) is 2. The summed E-state index contributed by atoms with van der Waals surface area (Å²) in [7, 11) is 0. The second-order valence-electron chi connectivity index (χ2n) is 5.36. The van der Waals surface area contributed by atoms with Gasteiger partial charge < -0.3 is 11.1 Å². The van der Waals surface area contributed by atoms with Crippen molar-refractivity contribution in [2.45, 2.75) is 45.1 Å². The van der Waals surface area contributed by atoms with Crippen LogP contribution in [0.4, 0.5) is 10.1 Å². The molecule has 0 aromatic heterocycles. The van der Waals surface area contributed by atoms with Gasteiger partial charge in [0.1, 0.15) is 5.82 Å². The highest BCUT2D eigenvalue weighted by atomic mass is 19.1. The van der Waals surface area contributed by atoms with Crippen LogP contribution in [-0.4, -0.2) is 11.9 Å². The fourth-order valence-electron chi connectivity index (χ4n) is 2.57. The molecule has 1 aliphatic carbocycles. The molecule has 2 atom stereocenters. The second kappa shape index (κ2) is 6.15. The molecule has 1 aromatic rings.